The number of hydrogen-bond donors (Lipinski definition) is 1. The van der Waals surface area contributed by atoms with Crippen LogP contribution in [0.1, 0.15) is 18.5 Å². The Hall–Kier alpha value is -1.14. The van der Waals surface area contributed by atoms with Crippen LogP contribution in [0.25, 0.3) is 0 Å². The van der Waals surface area contributed by atoms with E-state index in [4.69, 9.17) is 29.6 Å². The predicted molar refractivity (Wildman–Crippen MR) is 75.6 cm³/mol. The van der Waals surface area contributed by atoms with Crippen LogP contribution in [0.5, 0.6) is 0 Å². The molecule has 5 nitrogen and oxygen atoms in total. The Balaban J connectivity index is 2.38. The van der Waals surface area contributed by atoms with E-state index >= 15 is 0 Å². The molecule has 0 unspecified atom stereocenters. The van der Waals surface area contributed by atoms with Gasteiger partial charge in [0.05, 0.1) is 15.7 Å². The standard InChI is InChI=1S/C11H17ClN4OS/c1-8-9(12)7-16(14-8)6-4-11(17)15(2)5-3-10(13)18/h7H,3-6H2,1-2H3,(H2,13,18). The number of aromatic nitrogens is 2. The van der Waals surface area contributed by atoms with Gasteiger partial charge in [0.25, 0.3) is 0 Å². The molecule has 100 valence electrons. The van der Waals surface area contributed by atoms with Crippen molar-refractivity contribution in [1.29, 1.82) is 0 Å². The van der Waals surface area contributed by atoms with Crippen LogP contribution in [-0.4, -0.2) is 39.2 Å². The Morgan fingerprint density at radius 1 is 1.61 bits per heavy atom. The highest BCUT2D eigenvalue weighted by Gasteiger charge is 2.10. The normalized spacial score (nSPS) is 10.4. The molecule has 18 heavy (non-hydrogen) atoms. The van der Waals surface area contributed by atoms with E-state index in [1.165, 1.54) is 0 Å². The highest BCUT2D eigenvalue weighted by molar-refractivity contribution is 7.80. The maximum atomic E-state index is 11.8. The summed E-state index contributed by atoms with van der Waals surface area (Å²) in [6.07, 6.45) is 2.65. The SMILES string of the molecule is Cc1nn(CCC(=O)N(C)CCC(N)=S)cc1Cl. The minimum absolute atomic E-state index is 0.0375. The van der Waals surface area contributed by atoms with Crippen molar-refractivity contribution >= 4 is 34.7 Å². The first-order chi connectivity index (χ1) is 8.40. The van der Waals surface area contributed by atoms with Crippen LogP contribution in [0.2, 0.25) is 5.02 Å². The van der Waals surface area contributed by atoms with Gasteiger partial charge in [-0.3, -0.25) is 9.48 Å². The van der Waals surface area contributed by atoms with Crippen molar-refractivity contribution in [2.75, 3.05) is 13.6 Å². The Bertz CT molecular complexity index is 427. The van der Waals surface area contributed by atoms with Crippen LogP contribution in [0.4, 0.5) is 0 Å². The summed E-state index contributed by atoms with van der Waals surface area (Å²) < 4.78 is 1.68. The molecular formula is C11H17ClN4OS. The topological polar surface area (TPSA) is 64.2 Å². The third-order valence-electron chi connectivity index (χ3n) is 2.56. The van der Waals surface area contributed by atoms with Crippen molar-refractivity contribution in [1.82, 2.24) is 14.7 Å². The second-order valence-corrected chi connectivity index (χ2v) is 5.04. The van der Waals surface area contributed by atoms with E-state index in [1.54, 1.807) is 22.8 Å². The highest BCUT2D eigenvalue weighted by Crippen LogP contribution is 2.12. The van der Waals surface area contributed by atoms with Gasteiger partial charge >= 0.3 is 0 Å². The molecule has 1 aromatic heterocycles. The number of aryl methyl sites for hydroxylation is 2. The zero-order valence-corrected chi connectivity index (χ0v) is 12.1. The van der Waals surface area contributed by atoms with Crippen molar-refractivity contribution in [2.24, 2.45) is 5.73 Å². The molecule has 0 radical (unpaired) electrons. The first-order valence-electron chi connectivity index (χ1n) is 5.62. The largest absolute Gasteiger partial charge is 0.393 e. The maximum absolute atomic E-state index is 11.8. The summed E-state index contributed by atoms with van der Waals surface area (Å²) in [5, 5.41) is 4.80. The maximum Gasteiger partial charge on any atom is 0.224 e. The minimum Gasteiger partial charge on any atom is -0.393 e. The van der Waals surface area contributed by atoms with Gasteiger partial charge in [-0.1, -0.05) is 23.8 Å². The van der Waals surface area contributed by atoms with Gasteiger partial charge < -0.3 is 10.6 Å². The number of nitrogens with zero attached hydrogens (tertiary/aromatic N) is 3. The van der Waals surface area contributed by atoms with Crippen molar-refractivity contribution in [2.45, 2.75) is 26.3 Å². The Morgan fingerprint density at radius 3 is 2.78 bits per heavy atom. The van der Waals surface area contributed by atoms with Crippen molar-refractivity contribution in [3.63, 3.8) is 0 Å². The summed E-state index contributed by atoms with van der Waals surface area (Å²) in [6.45, 7) is 2.89. The number of hydrogen-bond acceptors (Lipinski definition) is 3. The summed E-state index contributed by atoms with van der Waals surface area (Å²) in [7, 11) is 1.74. The molecule has 0 saturated carbocycles. The average molecular weight is 289 g/mol. The van der Waals surface area contributed by atoms with Gasteiger partial charge in [0.1, 0.15) is 0 Å². The molecular weight excluding hydrogens is 272 g/mol. The molecule has 0 aromatic carbocycles. The van der Waals surface area contributed by atoms with Crippen LogP contribution >= 0.6 is 23.8 Å². The van der Waals surface area contributed by atoms with Gasteiger partial charge in [0, 0.05) is 39.2 Å². The number of rotatable bonds is 6. The van der Waals surface area contributed by atoms with E-state index in [9.17, 15) is 4.79 Å². The number of nitrogens with two attached hydrogens (primary N) is 1. The smallest absolute Gasteiger partial charge is 0.224 e. The molecule has 1 rings (SSSR count). The van der Waals surface area contributed by atoms with Crippen LogP contribution in [0.15, 0.2) is 6.20 Å². The first kappa shape index (κ1) is 14.9. The van der Waals surface area contributed by atoms with E-state index in [0.717, 1.165) is 5.69 Å². The molecule has 0 atom stereocenters. The van der Waals surface area contributed by atoms with Gasteiger partial charge in [0.15, 0.2) is 0 Å². The second-order valence-electron chi connectivity index (χ2n) is 4.11. The molecule has 0 saturated heterocycles. The van der Waals surface area contributed by atoms with E-state index in [1.807, 2.05) is 6.92 Å². The summed E-state index contributed by atoms with van der Waals surface area (Å²) in [4.78, 5) is 13.8. The van der Waals surface area contributed by atoms with Crippen LogP contribution in [0.3, 0.4) is 0 Å². The number of carbonyl (C=O) groups is 1. The molecule has 1 amide bonds. The lowest BCUT2D eigenvalue weighted by molar-refractivity contribution is -0.130. The zero-order valence-electron chi connectivity index (χ0n) is 10.5. The Morgan fingerprint density at radius 2 is 2.28 bits per heavy atom. The van der Waals surface area contributed by atoms with Gasteiger partial charge in [-0.15, -0.1) is 0 Å². The molecule has 0 aliphatic rings. The first-order valence-corrected chi connectivity index (χ1v) is 6.40. The number of thiocarbonyl (C=S) groups is 1. The Kier molecular flexibility index (Phi) is 5.55. The second kappa shape index (κ2) is 6.70. The van der Waals surface area contributed by atoms with Gasteiger partial charge in [-0.25, -0.2) is 0 Å². The number of amides is 1. The fraction of sp³-hybridized carbons (Fsp3) is 0.545. The van der Waals surface area contributed by atoms with Crippen molar-refractivity contribution in [3.05, 3.63) is 16.9 Å². The summed E-state index contributed by atoms with van der Waals surface area (Å²) in [5.41, 5.74) is 6.16. The monoisotopic (exact) mass is 288 g/mol. The van der Waals surface area contributed by atoms with Gasteiger partial charge in [-0.2, -0.15) is 5.10 Å². The van der Waals surface area contributed by atoms with E-state index in [-0.39, 0.29) is 5.91 Å². The van der Waals surface area contributed by atoms with E-state index in [0.29, 0.717) is 35.9 Å². The minimum atomic E-state index is 0.0375. The summed E-state index contributed by atoms with van der Waals surface area (Å²) in [5.74, 6) is 0.0375. The lowest BCUT2D eigenvalue weighted by Crippen LogP contribution is -2.30. The quantitative estimate of drug-likeness (QED) is 0.803. The zero-order chi connectivity index (χ0) is 13.7. The molecule has 7 heteroatoms. The van der Waals surface area contributed by atoms with Crippen LogP contribution in [0, 0.1) is 6.92 Å². The van der Waals surface area contributed by atoms with E-state index < -0.39 is 0 Å². The molecule has 0 bridgehead atoms. The third kappa shape index (κ3) is 4.62. The molecule has 0 spiro atoms. The average Bonchev–Trinajstić information content (AvgIpc) is 2.62. The highest BCUT2D eigenvalue weighted by atomic mass is 35.5. The Labute approximate surface area is 117 Å². The molecule has 0 aliphatic carbocycles. The molecule has 1 aromatic rings. The van der Waals surface area contributed by atoms with Crippen LogP contribution in [-0.2, 0) is 11.3 Å². The number of carbonyl (C=O) groups excluding carboxylic acids is 1. The third-order valence-corrected chi connectivity index (χ3v) is 3.14. The fourth-order valence-corrected chi connectivity index (χ4v) is 1.65. The molecule has 0 fully saturated rings. The number of halogens is 1. The van der Waals surface area contributed by atoms with Crippen molar-refractivity contribution < 1.29 is 4.79 Å². The van der Waals surface area contributed by atoms with E-state index in [2.05, 4.69) is 5.10 Å². The molecule has 0 aliphatic heterocycles. The lowest BCUT2D eigenvalue weighted by Gasteiger charge is -2.16. The lowest BCUT2D eigenvalue weighted by atomic mass is 10.3. The predicted octanol–water partition coefficient (Wildman–Crippen LogP) is 1.37. The summed E-state index contributed by atoms with van der Waals surface area (Å²) >= 11 is 10.7. The fourth-order valence-electron chi connectivity index (χ4n) is 1.41. The summed E-state index contributed by atoms with van der Waals surface area (Å²) in [6, 6.07) is 0. The van der Waals surface area contributed by atoms with Crippen molar-refractivity contribution in [3.8, 4) is 0 Å². The molecule has 1 heterocycles. The van der Waals surface area contributed by atoms with Gasteiger partial charge in [-0.05, 0) is 6.92 Å². The molecule has 2 N–H and O–H groups in total. The van der Waals surface area contributed by atoms with Gasteiger partial charge in [0.2, 0.25) is 5.91 Å². The van der Waals surface area contributed by atoms with Crippen LogP contribution < -0.4 is 5.73 Å².